The maximum Gasteiger partial charge on any atom is 0.0429 e. The van der Waals surface area contributed by atoms with Crippen LogP contribution in [0.5, 0.6) is 0 Å². The summed E-state index contributed by atoms with van der Waals surface area (Å²) in [6.45, 7) is 5.96. The largest absolute Gasteiger partial charge is 0.305 e. The second kappa shape index (κ2) is 5.64. The quantitative estimate of drug-likeness (QED) is 0.901. The van der Waals surface area contributed by atoms with Crippen LogP contribution in [0.15, 0.2) is 29.2 Å². The zero-order valence-electron chi connectivity index (χ0n) is 11.1. The van der Waals surface area contributed by atoms with E-state index >= 15 is 0 Å². The summed E-state index contributed by atoms with van der Waals surface area (Å²) in [5.41, 5.74) is 1.51. The molecule has 2 nitrogen and oxygen atoms in total. The van der Waals surface area contributed by atoms with Crippen LogP contribution in [0.4, 0.5) is 0 Å². The molecule has 1 aromatic rings. The maximum absolute atomic E-state index is 3.88. The Morgan fingerprint density at radius 3 is 3.17 bits per heavy atom. The molecule has 2 unspecified atom stereocenters. The number of hydrogen-bond donors (Lipinski definition) is 1. The highest BCUT2D eigenvalue weighted by molar-refractivity contribution is 7.99. The Bertz CT molecular complexity index is 407. The fourth-order valence-corrected chi connectivity index (χ4v) is 4.24. The number of fused-ring (bicyclic) bond motifs is 1. The topological polar surface area (TPSA) is 15.3 Å². The van der Waals surface area contributed by atoms with Crippen LogP contribution in [0.25, 0.3) is 0 Å². The predicted octanol–water partition coefficient (Wildman–Crippen LogP) is 2.91. The number of hydrogen-bond acceptors (Lipinski definition) is 3. The summed E-state index contributed by atoms with van der Waals surface area (Å²) >= 11 is 2.00. The summed E-state index contributed by atoms with van der Waals surface area (Å²) in [7, 11) is 0. The molecular weight excluding hydrogens is 240 g/mol. The summed E-state index contributed by atoms with van der Waals surface area (Å²) < 4.78 is 0. The lowest BCUT2D eigenvalue weighted by molar-refractivity contribution is 0.192. The fourth-order valence-electron chi connectivity index (χ4n) is 3.06. The van der Waals surface area contributed by atoms with Crippen molar-refractivity contribution < 1.29 is 0 Å². The highest BCUT2D eigenvalue weighted by Gasteiger charge is 2.27. The molecular formula is C15H22N2S. The average Bonchev–Trinajstić information content (AvgIpc) is 2.83. The SMILES string of the molecule is CCN1CCCC(NC2CSc3ccccc32)C1. The van der Waals surface area contributed by atoms with E-state index in [0.29, 0.717) is 12.1 Å². The molecule has 0 aliphatic carbocycles. The van der Waals surface area contributed by atoms with Crippen LogP contribution in [0.3, 0.4) is 0 Å². The van der Waals surface area contributed by atoms with Gasteiger partial charge >= 0.3 is 0 Å². The highest BCUT2D eigenvalue weighted by atomic mass is 32.2. The van der Waals surface area contributed by atoms with E-state index in [1.54, 1.807) is 0 Å². The molecule has 2 atom stereocenters. The van der Waals surface area contributed by atoms with Crippen LogP contribution in [-0.2, 0) is 0 Å². The molecule has 0 amide bonds. The summed E-state index contributed by atoms with van der Waals surface area (Å²) in [5, 5.41) is 3.88. The van der Waals surface area contributed by atoms with E-state index in [2.05, 4.69) is 41.4 Å². The molecule has 1 N–H and O–H groups in total. The molecule has 1 saturated heterocycles. The number of nitrogens with one attached hydrogen (secondary N) is 1. The van der Waals surface area contributed by atoms with Crippen molar-refractivity contribution in [3.63, 3.8) is 0 Å². The Hall–Kier alpha value is -0.510. The van der Waals surface area contributed by atoms with E-state index in [9.17, 15) is 0 Å². The van der Waals surface area contributed by atoms with Crippen molar-refractivity contribution in [3.05, 3.63) is 29.8 Å². The van der Waals surface area contributed by atoms with Gasteiger partial charge < -0.3 is 10.2 Å². The van der Waals surface area contributed by atoms with Crippen LogP contribution < -0.4 is 5.32 Å². The lowest BCUT2D eigenvalue weighted by Gasteiger charge is -2.34. The molecule has 0 aromatic heterocycles. The van der Waals surface area contributed by atoms with E-state index in [4.69, 9.17) is 0 Å². The number of thioether (sulfide) groups is 1. The van der Waals surface area contributed by atoms with Crippen LogP contribution in [0, 0.1) is 0 Å². The molecule has 3 rings (SSSR count). The lowest BCUT2D eigenvalue weighted by atomic mass is 10.0. The fraction of sp³-hybridized carbons (Fsp3) is 0.600. The molecule has 2 heterocycles. The first kappa shape index (κ1) is 12.5. The van der Waals surface area contributed by atoms with Gasteiger partial charge in [-0.3, -0.25) is 0 Å². The van der Waals surface area contributed by atoms with Crippen molar-refractivity contribution in [2.75, 3.05) is 25.4 Å². The van der Waals surface area contributed by atoms with E-state index in [0.717, 1.165) is 0 Å². The van der Waals surface area contributed by atoms with Crippen molar-refractivity contribution in [1.82, 2.24) is 10.2 Å². The number of likely N-dealkylation sites (tertiary alicyclic amines) is 1. The molecule has 0 radical (unpaired) electrons. The lowest BCUT2D eigenvalue weighted by Crippen LogP contribution is -2.46. The van der Waals surface area contributed by atoms with E-state index in [1.165, 1.54) is 48.7 Å². The minimum absolute atomic E-state index is 0.563. The number of nitrogens with zero attached hydrogens (tertiary/aromatic N) is 1. The van der Waals surface area contributed by atoms with E-state index < -0.39 is 0 Å². The second-order valence-corrected chi connectivity index (χ2v) is 6.36. The maximum atomic E-state index is 3.88. The summed E-state index contributed by atoms with van der Waals surface area (Å²) in [6.07, 6.45) is 2.67. The molecule has 0 spiro atoms. The van der Waals surface area contributed by atoms with Gasteiger partial charge in [-0.15, -0.1) is 11.8 Å². The third-order valence-corrected chi connectivity index (χ3v) is 5.27. The number of benzene rings is 1. The predicted molar refractivity (Wildman–Crippen MR) is 78.2 cm³/mol. The Morgan fingerprint density at radius 1 is 1.39 bits per heavy atom. The zero-order valence-corrected chi connectivity index (χ0v) is 11.9. The molecule has 0 saturated carbocycles. The van der Waals surface area contributed by atoms with E-state index in [-0.39, 0.29) is 0 Å². The Balaban J connectivity index is 1.64. The number of piperidine rings is 1. The van der Waals surface area contributed by atoms with Crippen molar-refractivity contribution in [2.45, 2.75) is 36.7 Å². The summed E-state index contributed by atoms with van der Waals surface area (Å²) in [6, 6.07) is 10.1. The zero-order chi connectivity index (χ0) is 12.4. The first-order valence-corrected chi connectivity index (χ1v) is 8.05. The van der Waals surface area contributed by atoms with Gasteiger partial charge in [0.25, 0.3) is 0 Å². The van der Waals surface area contributed by atoms with Crippen LogP contribution in [0.1, 0.15) is 31.4 Å². The Morgan fingerprint density at radius 2 is 2.28 bits per heavy atom. The number of rotatable bonds is 3. The van der Waals surface area contributed by atoms with E-state index in [1.807, 2.05) is 11.8 Å². The van der Waals surface area contributed by atoms with Gasteiger partial charge in [0, 0.05) is 29.3 Å². The van der Waals surface area contributed by atoms with Crippen molar-refractivity contribution in [3.8, 4) is 0 Å². The van der Waals surface area contributed by atoms with Crippen LogP contribution in [-0.4, -0.2) is 36.3 Å². The molecule has 98 valence electrons. The van der Waals surface area contributed by atoms with Crippen LogP contribution >= 0.6 is 11.8 Å². The van der Waals surface area contributed by atoms with Crippen molar-refractivity contribution in [2.24, 2.45) is 0 Å². The molecule has 3 heteroatoms. The molecule has 2 aliphatic heterocycles. The van der Waals surface area contributed by atoms with Gasteiger partial charge in [0.1, 0.15) is 0 Å². The van der Waals surface area contributed by atoms with Gasteiger partial charge in [0.2, 0.25) is 0 Å². The monoisotopic (exact) mass is 262 g/mol. The summed E-state index contributed by atoms with van der Waals surface area (Å²) in [5.74, 6) is 1.20. The van der Waals surface area contributed by atoms with Crippen molar-refractivity contribution >= 4 is 11.8 Å². The third-order valence-electron chi connectivity index (χ3n) is 4.09. The summed E-state index contributed by atoms with van der Waals surface area (Å²) in [4.78, 5) is 4.04. The first-order valence-electron chi connectivity index (χ1n) is 7.07. The minimum Gasteiger partial charge on any atom is -0.305 e. The number of likely N-dealkylation sites (N-methyl/N-ethyl adjacent to an activating group) is 1. The standard InChI is InChI=1S/C15H22N2S/c1-2-17-9-5-6-12(10-17)16-14-11-18-15-8-4-3-7-13(14)15/h3-4,7-8,12,14,16H,2,5-6,9-11H2,1H3. The Kier molecular flexibility index (Phi) is 3.92. The Labute approximate surface area is 114 Å². The van der Waals surface area contributed by atoms with Crippen molar-refractivity contribution in [1.29, 1.82) is 0 Å². The van der Waals surface area contributed by atoms with Gasteiger partial charge in [0.05, 0.1) is 0 Å². The molecule has 2 aliphatic rings. The van der Waals surface area contributed by atoms with Crippen LogP contribution in [0.2, 0.25) is 0 Å². The average molecular weight is 262 g/mol. The first-order chi connectivity index (χ1) is 8.86. The highest BCUT2D eigenvalue weighted by Crippen LogP contribution is 2.38. The minimum atomic E-state index is 0.563. The molecule has 18 heavy (non-hydrogen) atoms. The van der Waals surface area contributed by atoms with Gasteiger partial charge in [-0.2, -0.15) is 0 Å². The van der Waals surface area contributed by atoms with Gasteiger partial charge in [0.15, 0.2) is 0 Å². The smallest absolute Gasteiger partial charge is 0.0429 e. The van der Waals surface area contributed by atoms with Gasteiger partial charge in [-0.05, 0) is 37.6 Å². The normalized spacial score (nSPS) is 28.3. The third kappa shape index (κ3) is 2.58. The van der Waals surface area contributed by atoms with Gasteiger partial charge in [-0.1, -0.05) is 25.1 Å². The van der Waals surface area contributed by atoms with Gasteiger partial charge in [-0.25, -0.2) is 0 Å². The molecule has 1 fully saturated rings. The molecule has 1 aromatic carbocycles. The second-order valence-electron chi connectivity index (χ2n) is 5.30. The molecule has 0 bridgehead atoms.